The maximum atomic E-state index is 14.4. The Morgan fingerprint density at radius 2 is 1.76 bits per heavy atom. The second-order valence-corrected chi connectivity index (χ2v) is 13.6. The van der Waals surface area contributed by atoms with Gasteiger partial charge in [0.1, 0.15) is 0 Å². The fraction of sp³-hybridized carbons (Fsp3) is 0.500. The van der Waals surface area contributed by atoms with Crippen molar-refractivity contribution in [1.29, 1.82) is 0 Å². The van der Waals surface area contributed by atoms with E-state index in [0.717, 1.165) is 11.1 Å². The van der Waals surface area contributed by atoms with Gasteiger partial charge in [-0.2, -0.15) is 0 Å². The van der Waals surface area contributed by atoms with E-state index in [1.807, 2.05) is 44.2 Å². The highest BCUT2D eigenvalue weighted by molar-refractivity contribution is 7.92. The number of nitrogens with zero attached hydrogens (tertiary/aromatic N) is 1. The molecule has 4 atom stereocenters. The van der Waals surface area contributed by atoms with Gasteiger partial charge in [0.25, 0.3) is 0 Å². The van der Waals surface area contributed by atoms with Gasteiger partial charge < -0.3 is 10.0 Å². The van der Waals surface area contributed by atoms with Gasteiger partial charge >= 0.3 is 5.97 Å². The molecule has 1 aliphatic heterocycles. The van der Waals surface area contributed by atoms with Gasteiger partial charge in [-0.3, -0.25) is 9.59 Å². The molecule has 2 aromatic rings. The molecule has 9 heteroatoms. The van der Waals surface area contributed by atoms with Gasteiger partial charge in [0.15, 0.2) is 9.84 Å². The molecule has 0 spiro atoms. The maximum Gasteiger partial charge on any atom is 0.304 e. The summed E-state index contributed by atoms with van der Waals surface area (Å²) < 4.78 is 26.3. The summed E-state index contributed by atoms with van der Waals surface area (Å²) in [6.45, 7) is 3.71. The highest BCUT2D eigenvalue weighted by Gasteiger charge is 2.54. The number of aliphatic carboxylic acids is 1. The molecule has 2 aromatic carbocycles. The molecule has 0 bridgehead atoms. The molecular formula is C28H33Cl2NO5S. The van der Waals surface area contributed by atoms with Gasteiger partial charge in [-0.25, -0.2) is 8.42 Å². The Hall–Kier alpha value is -2.09. The van der Waals surface area contributed by atoms with Crippen LogP contribution in [0.25, 0.3) is 0 Å². The zero-order valence-corrected chi connectivity index (χ0v) is 23.4. The van der Waals surface area contributed by atoms with E-state index in [4.69, 9.17) is 23.2 Å². The summed E-state index contributed by atoms with van der Waals surface area (Å²) in [5.74, 6) is -1.79. The molecule has 200 valence electrons. The van der Waals surface area contributed by atoms with Crippen LogP contribution in [0.4, 0.5) is 0 Å². The Bertz CT molecular complexity index is 1260. The van der Waals surface area contributed by atoms with E-state index >= 15 is 0 Å². The summed E-state index contributed by atoms with van der Waals surface area (Å²) in [6.07, 6.45) is 2.04. The van der Waals surface area contributed by atoms with Gasteiger partial charge in [0, 0.05) is 22.0 Å². The largest absolute Gasteiger partial charge is 0.481 e. The normalized spacial score (nSPS) is 25.2. The number of carboxylic acid groups (broad SMARTS) is 1. The fourth-order valence-electron chi connectivity index (χ4n) is 5.78. The summed E-state index contributed by atoms with van der Waals surface area (Å²) in [6, 6.07) is 13.6. The third kappa shape index (κ3) is 5.84. The predicted octanol–water partition coefficient (Wildman–Crippen LogP) is 6.28. The van der Waals surface area contributed by atoms with Crippen LogP contribution in [-0.4, -0.2) is 47.3 Å². The quantitative estimate of drug-likeness (QED) is 0.366. The summed E-state index contributed by atoms with van der Waals surface area (Å²) in [5.41, 5.74) is 0.538. The molecule has 1 amide bonds. The summed E-state index contributed by atoms with van der Waals surface area (Å²) >= 11 is 12.6. The molecule has 6 nitrogen and oxygen atoms in total. The Morgan fingerprint density at radius 1 is 1.08 bits per heavy atom. The first-order valence-corrected chi connectivity index (χ1v) is 15.3. The fourth-order valence-corrected chi connectivity index (χ4v) is 8.17. The van der Waals surface area contributed by atoms with Crippen molar-refractivity contribution < 1.29 is 23.1 Å². The molecule has 1 heterocycles. The van der Waals surface area contributed by atoms with Gasteiger partial charge in [-0.15, -0.1) is 0 Å². The zero-order chi connectivity index (χ0) is 27.0. The zero-order valence-electron chi connectivity index (χ0n) is 21.1. The summed E-state index contributed by atoms with van der Waals surface area (Å²) in [4.78, 5) is 28.1. The van der Waals surface area contributed by atoms with Crippen molar-refractivity contribution in [2.24, 2.45) is 5.41 Å². The summed E-state index contributed by atoms with van der Waals surface area (Å²) in [5, 5.41) is 10.6. The highest BCUT2D eigenvalue weighted by atomic mass is 35.5. The van der Waals surface area contributed by atoms with Crippen molar-refractivity contribution >= 4 is 44.9 Å². The van der Waals surface area contributed by atoms with Crippen molar-refractivity contribution in [3.63, 3.8) is 0 Å². The average Bonchev–Trinajstić information content (AvgIpc) is 3.70. The van der Waals surface area contributed by atoms with Crippen molar-refractivity contribution in [3.05, 3.63) is 69.7 Å². The predicted molar refractivity (Wildman–Crippen MR) is 146 cm³/mol. The number of piperidine rings is 1. The minimum absolute atomic E-state index is 0.140. The standard InChI is InChI=1S/C28H33Cl2NO5S/c1-3-22(17-37(35,36)23-12-13-23)31-26(18-8-10-20(29)11-9-18)24(19-6-5-7-21(30)14-19)15-28(4-2,27(31)34)16-25(32)33/h5-11,14,22-24,26H,3-4,12-13,15-17H2,1-2H3,(H,32,33)/t22?,24?,26-,28-/m1/s1. The molecule has 4 rings (SSSR count). The molecule has 1 saturated carbocycles. The Morgan fingerprint density at radius 3 is 2.30 bits per heavy atom. The Balaban J connectivity index is 1.92. The maximum absolute atomic E-state index is 14.4. The third-order valence-electron chi connectivity index (χ3n) is 7.96. The van der Waals surface area contributed by atoms with Crippen LogP contribution in [0.5, 0.6) is 0 Å². The Labute approximate surface area is 228 Å². The molecule has 0 radical (unpaired) electrons. The third-order valence-corrected chi connectivity index (χ3v) is 10.8. The first-order valence-electron chi connectivity index (χ1n) is 12.8. The van der Waals surface area contributed by atoms with Crippen LogP contribution >= 0.6 is 23.2 Å². The monoisotopic (exact) mass is 565 g/mol. The second-order valence-electron chi connectivity index (χ2n) is 10.4. The number of sulfone groups is 1. The minimum Gasteiger partial charge on any atom is -0.481 e. The lowest BCUT2D eigenvalue weighted by molar-refractivity contribution is -0.161. The SMILES string of the molecule is CCC(CS(=O)(=O)C1CC1)N1C(=O)[C@@](CC)(CC(=O)O)CC(c2cccc(Cl)c2)[C@H]1c1ccc(Cl)cc1. The van der Waals surface area contributed by atoms with Crippen molar-refractivity contribution in [3.8, 4) is 0 Å². The molecule has 0 aromatic heterocycles. The smallest absolute Gasteiger partial charge is 0.304 e. The lowest BCUT2D eigenvalue weighted by atomic mass is 9.65. The molecule has 2 fully saturated rings. The van der Waals surface area contributed by atoms with Crippen LogP contribution in [0.3, 0.4) is 0 Å². The number of carboxylic acids is 1. The van der Waals surface area contributed by atoms with E-state index in [9.17, 15) is 23.1 Å². The first-order chi connectivity index (χ1) is 17.5. The molecule has 1 aliphatic carbocycles. The van der Waals surface area contributed by atoms with E-state index in [1.165, 1.54) is 0 Å². The number of halogens is 2. The lowest BCUT2D eigenvalue weighted by Gasteiger charge is -2.52. The molecule has 2 unspecified atom stereocenters. The number of likely N-dealkylation sites (tertiary alicyclic amines) is 1. The van der Waals surface area contributed by atoms with Crippen LogP contribution < -0.4 is 0 Å². The average molecular weight is 567 g/mol. The van der Waals surface area contributed by atoms with E-state index in [1.54, 1.807) is 23.1 Å². The Kier molecular flexibility index (Phi) is 8.27. The van der Waals surface area contributed by atoms with E-state index in [0.29, 0.717) is 42.1 Å². The first kappa shape index (κ1) is 27.9. The van der Waals surface area contributed by atoms with E-state index in [-0.39, 0.29) is 29.2 Å². The molecule has 37 heavy (non-hydrogen) atoms. The number of benzene rings is 2. The number of carbonyl (C=O) groups excluding carboxylic acids is 1. The molecule has 2 aliphatic rings. The second kappa shape index (κ2) is 11.0. The van der Waals surface area contributed by atoms with Crippen LogP contribution in [-0.2, 0) is 19.4 Å². The van der Waals surface area contributed by atoms with Crippen LogP contribution in [0, 0.1) is 5.41 Å². The van der Waals surface area contributed by atoms with Crippen molar-refractivity contribution in [2.75, 3.05) is 5.75 Å². The van der Waals surface area contributed by atoms with Gasteiger partial charge in [0.2, 0.25) is 5.91 Å². The lowest BCUT2D eigenvalue weighted by Crippen LogP contribution is -2.58. The van der Waals surface area contributed by atoms with E-state index < -0.39 is 33.3 Å². The van der Waals surface area contributed by atoms with E-state index in [2.05, 4.69) is 0 Å². The van der Waals surface area contributed by atoms with Crippen LogP contribution in [0.1, 0.15) is 75.5 Å². The number of rotatable bonds is 10. The highest BCUT2D eigenvalue weighted by Crippen LogP contribution is 2.53. The van der Waals surface area contributed by atoms with Crippen LogP contribution in [0.2, 0.25) is 10.0 Å². The number of hydrogen-bond acceptors (Lipinski definition) is 4. The molecule has 1 saturated heterocycles. The van der Waals surface area contributed by atoms with Gasteiger partial charge in [-0.1, -0.05) is 61.3 Å². The number of hydrogen-bond donors (Lipinski definition) is 1. The van der Waals surface area contributed by atoms with Crippen molar-refractivity contribution in [2.45, 2.75) is 75.6 Å². The molecule has 1 N–H and O–H groups in total. The van der Waals surface area contributed by atoms with Crippen molar-refractivity contribution in [1.82, 2.24) is 4.90 Å². The van der Waals surface area contributed by atoms with Crippen LogP contribution in [0.15, 0.2) is 48.5 Å². The number of amides is 1. The topological polar surface area (TPSA) is 91.8 Å². The number of carbonyl (C=O) groups is 2. The summed E-state index contributed by atoms with van der Waals surface area (Å²) in [7, 11) is -3.39. The minimum atomic E-state index is -3.39. The van der Waals surface area contributed by atoms with Gasteiger partial charge in [-0.05, 0) is 67.5 Å². The van der Waals surface area contributed by atoms with Gasteiger partial charge in [0.05, 0.1) is 28.9 Å². The molecular weight excluding hydrogens is 533 g/mol.